The lowest BCUT2D eigenvalue weighted by Gasteiger charge is -2.26. The molecule has 2 atom stereocenters. The molecule has 2 rings (SSSR count). The van der Waals surface area contributed by atoms with E-state index in [4.69, 9.17) is 5.73 Å². The van der Waals surface area contributed by atoms with Crippen molar-refractivity contribution in [3.8, 4) is 0 Å². The van der Waals surface area contributed by atoms with Crippen molar-refractivity contribution in [1.82, 2.24) is 9.97 Å². The summed E-state index contributed by atoms with van der Waals surface area (Å²) in [5.41, 5.74) is 7.04. The zero-order valence-corrected chi connectivity index (χ0v) is 11.4. The number of hydrogen-bond acceptors (Lipinski definition) is 4. The molecule has 0 amide bonds. The highest BCUT2D eigenvalue weighted by Crippen LogP contribution is 2.23. The van der Waals surface area contributed by atoms with Crippen LogP contribution in [-0.4, -0.2) is 22.6 Å². The maximum absolute atomic E-state index is 6.01. The summed E-state index contributed by atoms with van der Waals surface area (Å²) in [6.07, 6.45) is 5.74. The van der Waals surface area contributed by atoms with E-state index < -0.39 is 0 Å². The molecule has 2 unspecified atom stereocenters. The van der Waals surface area contributed by atoms with Crippen LogP contribution in [0.5, 0.6) is 0 Å². The van der Waals surface area contributed by atoms with E-state index in [2.05, 4.69) is 22.2 Å². The van der Waals surface area contributed by atoms with Gasteiger partial charge in [0.05, 0.1) is 0 Å². The fourth-order valence-electron chi connectivity index (χ4n) is 2.65. The molecule has 1 saturated carbocycles. The van der Waals surface area contributed by atoms with Gasteiger partial charge in [-0.05, 0) is 32.1 Å². The Balaban J connectivity index is 1.91. The number of nitrogens with one attached hydrogen (secondary N) is 1. The molecule has 4 heteroatoms. The molecule has 100 valence electrons. The Kier molecular flexibility index (Phi) is 4.53. The third-order valence-electron chi connectivity index (χ3n) is 3.61. The van der Waals surface area contributed by atoms with Crippen LogP contribution in [0, 0.1) is 12.8 Å². The van der Waals surface area contributed by atoms with Crippen molar-refractivity contribution >= 4 is 5.82 Å². The van der Waals surface area contributed by atoms with Crippen molar-refractivity contribution in [2.45, 2.75) is 52.0 Å². The van der Waals surface area contributed by atoms with E-state index in [0.29, 0.717) is 12.0 Å². The predicted molar refractivity (Wildman–Crippen MR) is 74.6 cm³/mol. The summed E-state index contributed by atoms with van der Waals surface area (Å²) in [7, 11) is 0. The average molecular weight is 248 g/mol. The quantitative estimate of drug-likeness (QED) is 0.858. The van der Waals surface area contributed by atoms with Gasteiger partial charge in [-0.3, -0.25) is 0 Å². The topological polar surface area (TPSA) is 63.8 Å². The first-order valence-corrected chi connectivity index (χ1v) is 7.01. The van der Waals surface area contributed by atoms with Gasteiger partial charge in [0, 0.05) is 30.8 Å². The number of nitrogens with zero attached hydrogens (tertiary/aromatic N) is 2. The monoisotopic (exact) mass is 248 g/mol. The highest BCUT2D eigenvalue weighted by atomic mass is 15.0. The van der Waals surface area contributed by atoms with E-state index in [1.807, 2.05) is 13.0 Å². The van der Waals surface area contributed by atoms with Crippen molar-refractivity contribution in [3.05, 3.63) is 17.6 Å². The summed E-state index contributed by atoms with van der Waals surface area (Å²) >= 11 is 0. The Labute approximate surface area is 109 Å². The van der Waals surface area contributed by atoms with Gasteiger partial charge in [-0.15, -0.1) is 0 Å². The molecule has 0 aliphatic heterocycles. The summed E-state index contributed by atoms with van der Waals surface area (Å²) < 4.78 is 0. The van der Waals surface area contributed by atoms with Gasteiger partial charge in [0.2, 0.25) is 0 Å². The largest absolute Gasteiger partial charge is 0.370 e. The lowest BCUT2D eigenvalue weighted by atomic mass is 9.86. The maximum Gasteiger partial charge on any atom is 0.130 e. The minimum Gasteiger partial charge on any atom is -0.370 e. The second-order valence-corrected chi connectivity index (χ2v) is 5.34. The van der Waals surface area contributed by atoms with Crippen LogP contribution in [0.1, 0.15) is 44.1 Å². The Hall–Kier alpha value is -1.16. The maximum atomic E-state index is 6.01. The van der Waals surface area contributed by atoms with Crippen molar-refractivity contribution in [2.75, 3.05) is 11.9 Å². The van der Waals surface area contributed by atoms with Gasteiger partial charge in [0.15, 0.2) is 0 Å². The van der Waals surface area contributed by atoms with Gasteiger partial charge < -0.3 is 11.1 Å². The molecule has 4 nitrogen and oxygen atoms in total. The van der Waals surface area contributed by atoms with Gasteiger partial charge >= 0.3 is 0 Å². The molecule has 0 spiro atoms. The van der Waals surface area contributed by atoms with E-state index in [1.54, 1.807) is 0 Å². The molecule has 0 bridgehead atoms. The second-order valence-electron chi connectivity index (χ2n) is 5.34. The molecule has 18 heavy (non-hydrogen) atoms. The van der Waals surface area contributed by atoms with E-state index in [0.717, 1.165) is 36.7 Å². The zero-order chi connectivity index (χ0) is 13.0. The van der Waals surface area contributed by atoms with Gasteiger partial charge in [-0.1, -0.05) is 13.3 Å². The summed E-state index contributed by atoms with van der Waals surface area (Å²) in [4.78, 5) is 8.89. The lowest BCUT2D eigenvalue weighted by Crippen LogP contribution is -2.31. The fraction of sp³-hybridized carbons (Fsp3) is 0.714. The van der Waals surface area contributed by atoms with Gasteiger partial charge in [0.1, 0.15) is 11.6 Å². The molecule has 0 radical (unpaired) electrons. The molecule has 1 aliphatic rings. The van der Waals surface area contributed by atoms with Gasteiger partial charge in [-0.25, -0.2) is 9.97 Å². The Morgan fingerprint density at radius 3 is 2.94 bits per heavy atom. The molecular formula is C14H24N4. The zero-order valence-electron chi connectivity index (χ0n) is 11.4. The first kappa shape index (κ1) is 13.3. The molecule has 1 aromatic rings. The standard InChI is InChI=1S/C14H24N4/c1-3-13-17-10(2)7-14(18-13)16-9-11-5-4-6-12(15)8-11/h7,11-12H,3-6,8-9,15H2,1-2H3,(H,16,17,18). The summed E-state index contributed by atoms with van der Waals surface area (Å²) in [6, 6.07) is 2.41. The van der Waals surface area contributed by atoms with Crippen molar-refractivity contribution in [1.29, 1.82) is 0 Å². The van der Waals surface area contributed by atoms with Crippen LogP contribution in [0.25, 0.3) is 0 Å². The Morgan fingerprint density at radius 1 is 1.39 bits per heavy atom. The second kappa shape index (κ2) is 6.14. The first-order chi connectivity index (χ1) is 8.67. The highest BCUT2D eigenvalue weighted by molar-refractivity contribution is 5.35. The lowest BCUT2D eigenvalue weighted by molar-refractivity contribution is 0.335. The fourth-order valence-corrected chi connectivity index (χ4v) is 2.65. The van der Waals surface area contributed by atoms with Crippen LogP contribution in [0.3, 0.4) is 0 Å². The Morgan fingerprint density at radius 2 is 2.22 bits per heavy atom. The summed E-state index contributed by atoms with van der Waals surface area (Å²) in [6.45, 7) is 5.08. The number of aryl methyl sites for hydroxylation is 2. The minimum atomic E-state index is 0.392. The highest BCUT2D eigenvalue weighted by Gasteiger charge is 2.18. The molecule has 1 fully saturated rings. The molecule has 1 heterocycles. The van der Waals surface area contributed by atoms with Crippen LogP contribution in [0.2, 0.25) is 0 Å². The smallest absolute Gasteiger partial charge is 0.130 e. The van der Waals surface area contributed by atoms with Gasteiger partial charge in [-0.2, -0.15) is 0 Å². The number of nitrogens with two attached hydrogens (primary N) is 1. The minimum absolute atomic E-state index is 0.392. The first-order valence-electron chi connectivity index (χ1n) is 7.01. The van der Waals surface area contributed by atoms with E-state index in [9.17, 15) is 0 Å². The number of aromatic nitrogens is 2. The third kappa shape index (κ3) is 3.67. The molecule has 0 aromatic carbocycles. The predicted octanol–water partition coefficient (Wildman–Crippen LogP) is 2.28. The molecule has 0 saturated heterocycles. The van der Waals surface area contributed by atoms with Crippen LogP contribution < -0.4 is 11.1 Å². The molecule has 1 aromatic heterocycles. The van der Waals surface area contributed by atoms with Crippen LogP contribution in [0.15, 0.2) is 6.07 Å². The summed E-state index contributed by atoms with van der Waals surface area (Å²) in [5, 5.41) is 3.44. The van der Waals surface area contributed by atoms with Crippen LogP contribution in [0.4, 0.5) is 5.82 Å². The number of rotatable bonds is 4. The van der Waals surface area contributed by atoms with Crippen LogP contribution in [-0.2, 0) is 6.42 Å². The van der Waals surface area contributed by atoms with Crippen LogP contribution >= 0.6 is 0 Å². The number of hydrogen-bond donors (Lipinski definition) is 2. The number of anilines is 1. The third-order valence-corrected chi connectivity index (χ3v) is 3.61. The van der Waals surface area contributed by atoms with Gasteiger partial charge in [0.25, 0.3) is 0 Å². The van der Waals surface area contributed by atoms with E-state index >= 15 is 0 Å². The summed E-state index contributed by atoms with van der Waals surface area (Å²) in [5.74, 6) is 2.56. The SMILES string of the molecule is CCc1nc(C)cc(NCC2CCCC(N)C2)n1. The van der Waals surface area contributed by atoms with Crippen molar-refractivity contribution < 1.29 is 0 Å². The molecule has 1 aliphatic carbocycles. The molecular weight excluding hydrogens is 224 g/mol. The Bertz CT molecular complexity index is 391. The van der Waals surface area contributed by atoms with E-state index in [1.165, 1.54) is 19.3 Å². The average Bonchev–Trinajstić information content (AvgIpc) is 2.36. The van der Waals surface area contributed by atoms with E-state index in [-0.39, 0.29) is 0 Å². The molecule has 3 N–H and O–H groups in total. The van der Waals surface area contributed by atoms with Crippen molar-refractivity contribution in [2.24, 2.45) is 11.7 Å². The normalized spacial score (nSPS) is 23.9. The van der Waals surface area contributed by atoms with Crippen molar-refractivity contribution in [3.63, 3.8) is 0 Å².